The van der Waals surface area contributed by atoms with Gasteiger partial charge >= 0.3 is 0 Å². The second-order valence-electron chi connectivity index (χ2n) is 2.83. The monoisotopic (exact) mass is 190 g/mol. The number of carbonyl (C=O) groups is 1. The lowest BCUT2D eigenvalue weighted by Crippen LogP contribution is -2.33. The molecule has 0 aliphatic carbocycles. The Labute approximate surface area is 81.5 Å². The van der Waals surface area contributed by atoms with E-state index in [1.807, 2.05) is 6.07 Å². The Morgan fingerprint density at radius 1 is 1.57 bits per heavy atom. The van der Waals surface area contributed by atoms with E-state index in [0.29, 0.717) is 11.3 Å². The van der Waals surface area contributed by atoms with Gasteiger partial charge in [0, 0.05) is 12.7 Å². The van der Waals surface area contributed by atoms with Gasteiger partial charge in [0.15, 0.2) is 0 Å². The lowest BCUT2D eigenvalue weighted by Gasteiger charge is -2.11. The van der Waals surface area contributed by atoms with Crippen molar-refractivity contribution in [2.24, 2.45) is 5.84 Å². The van der Waals surface area contributed by atoms with Crippen LogP contribution in [-0.2, 0) is 0 Å². The summed E-state index contributed by atoms with van der Waals surface area (Å²) >= 11 is 0. The maximum absolute atomic E-state index is 11.4. The fourth-order valence-corrected chi connectivity index (χ4v) is 1.00. The topological polar surface area (TPSA) is 96.1 Å². The highest BCUT2D eigenvalue weighted by Crippen LogP contribution is 2.14. The van der Waals surface area contributed by atoms with E-state index in [4.69, 9.17) is 16.8 Å². The molecule has 0 radical (unpaired) electrons. The second-order valence-corrected chi connectivity index (χ2v) is 2.83. The van der Waals surface area contributed by atoms with E-state index < -0.39 is 5.91 Å². The van der Waals surface area contributed by atoms with Gasteiger partial charge in [0.25, 0.3) is 5.91 Å². The number of amides is 1. The normalized spacial score (nSPS) is 9.21. The number of nitriles is 1. The van der Waals surface area contributed by atoms with Gasteiger partial charge in [-0.3, -0.25) is 9.80 Å². The smallest absolute Gasteiger partial charge is 0.269 e. The summed E-state index contributed by atoms with van der Waals surface area (Å²) in [7, 11) is 1.42. The molecule has 0 bridgehead atoms. The Bertz CT molecular complexity index is 406. The molecule has 1 aromatic rings. The van der Waals surface area contributed by atoms with Crippen molar-refractivity contribution in [2.75, 3.05) is 12.8 Å². The van der Waals surface area contributed by atoms with Crippen molar-refractivity contribution in [2.45, 2.75) is 0 Å². The zero-order chi connectivity index (χ0) is 10.7. The van der Waals surface area contributed by atoms with Gasteiger partial charge in [0.1, 0.15) is 0 Å². The maximum Gasteiger partial charge on any atom is 0.269 e. The van der Waals surface area contributed by atoms with Crippen LogP contribution in [0.2, 0.25) is 0 Å². The van der Waals surface area contributed by atoms with Crippen molar-refractivity contribution < 1.29 is 4.79 Å². The Morgan fingerprint density at radius 2 is 2.21 bits per heavy atom. The number of hydrogen-bond donors (Lipinski definition) is 2. The predicted octanol–water partition coefficient (Wildman–Crippen LogP) is 0.0862. The molecule has 0 fully saturated rings. The van der Waals surface area contributed by atoms with E-state index in [2.05, 4.69) is 0 Å². The number of rotatable bonds is 1. The molecule has 1 rings (SSSR count). The number of hydrogen-bond acceptors (Lipinski definition) is 4. The number of nitrogens with zero attached hydrogens (tertiary/aromatic N) is 2. The molecule has 14 heavy (non-hydrogen) atoms. The van der Waals surface area contributed by atoms with Crippen molar-refractivity contribution in [1.29, 1.82) is 5.26 Å². The minimum absolute atomic E-state index is 0.244. The zero-order valence-corrected chi connectivity index (χ0v) is 7.69. The molecule has 0 heterocycles. The number of anilines is 1. The molecule has 0 unspecified atom stereocenters. The third-order valence-electron chi connectivity index (χ3n) is 1.73. The molecular formula is C9H10N4O. The molecule has 0 aromatic heterocycles. The Hall–Kier alpha value is -2.06. The highest BCUT2D eigenvalue weighted by atomic mass is 16.2. The third kappa shape index (κ3) is 1.81. The molecule has 0 aliphatic rings. The summed E-state index contributed by atoms with van der Waals surface area (Å²) in [6.45, 7) is 0. The highest BCUT2D eigenvalue weighted by Gasteiger charge is 2.12. The molecule has 1 aromatic carbocycles. The van der Waals surface area contributed by atoms with Crippen LogP contribution in [0.4, 0.5) is 5.69 Å². The van der Waals surface area contributed by atoms with E-state index in [-0.39, 0.29) is 5.56 Å². The fourth-order valence-electron chi connectivity index (χ4n) is 1.00. The van der Waals surface area contributed by atoms with Crippen LogP contribution in [0.3, 0.4) is 0 Å². The summed E-state index contributed by atoms with van der Waals surface area (Å²) in [4.78, 5) is 11.4. The molecule has 0 spiro atoms. The van der Waals surface area contributed by atoms with Gasteiger partial charge in [-0.1, -0.05) is 0 Å². The molecule has 72 valence electrons. The van der Waals surface area contributed by atoms with Crippen molar-refractivity contribution in [1.82, 2.24) is 5.01 Å². The van der Waals surface area contributed by atoms with Gasteiger partial charge in [-0.25, -0.2) is 5.84 Å². The minimum atomic E-state index is -0.417. The molecule has 0 saturated carbocycles. The third-order valence-corrected chi connectivity index (χ3v) is 1.73. The van der Waals surface area contributed by atoms with Crippen LogP contribution >= 0.6 is 0 Å². The number of nitrogen functional groups attached to an aromatic ring is 1. The van der Waals surface area contributed by atoms with Gasteiger partial charge in [0.05, 0.1) is 17.2 Å². The first kappa shape index (κ1) is 10.0. The quantitative estimate of drug-likeness (QED) is 0.284. The Kier molecular flexibility index (Phi) is 2.70. The average Bonchev–Trinajstić information content (AvgIpc) is 2.17. The number of benzene rings is 1. The van der Waals surface area contributed by atoms with Crippen LogP contribution in [0.1, 0.15) is 15.9 Å². The van der Waals surface area contributed by atoms with Gasteiger partial charge < -0.3 is 5.73 Å². The molecule has 0 aliphatic heterocycles. The highest BCUT2D eigenvalue weighted by molar-refractivity contribution is 5.99. The van der Waals surface area contributed by atoms with Gasteiger partial charge in [0.2, 0.25) is 0 Å². The van der Waals surface area contributed by atoms with Crippen LogP contribution in [0.15, 0.2) is 18.2 Å². The standard InChI is InChI=1S/C9H10N4O/c1-13(12)9(14)7-4-6(5-10)2-3-8(7)11/h2-4H,11-12H2,1H3. The summed E-state index contributed by atoms with van der Waals surface area (Å²) in [5.74, 6) is 4.86. The summed E-state index contributed by atoms with van der Waals surface area (Å²) < 4.78 is 0. The molecule has 0 atom stereocenters. The van der Waals surface area contributed by atoms with Crippen LogP contribution in [0.5, 0.6) is 0 Å². The fraction of sp³-hybridized carbons (Fsp3) is 0.111. The summed E-state index contributed by atoms with van der Waals surface area (Å²) in [5, 5.41) is 9.55. The molecule has 5 nitrogen and oxygen atoms in total. The van der Waals surface area contributed by atoms with E-state index in [9.17, 15) is 4.79 Å². The lowest BCUT2D eigenvalue weighted by atomic mass is 10.1. The van der Waals surface area contributed by atoms with E-state index >= 15 is 0 Å². The average molecular weight is 190 g/mol. The Morgan fingerprint density at radius 3 is 2.71 bits per heavy atom. The zero-order valence-electron chi connectivity index (χ0n) is 7.69. The SMILES string of the molecule is CN(N)C(=O)c1cc(C#N)ccc1N. The largest absolute Gasteiger partial charge is 0.398 e. The first-order chi connectivity index (χ1) is 6.56. The van der Waals surface area contributed by atoms with Crippen LogP contribution in [0, 0.1) is 11.3 Å². The first-order valence-corrected chi connectivity index (χ1v) is 3.88. The second kappa shape index (κ2) is 3.77. The van der Waals surface area contributed by atoms with Crippen molar-refractivity contribution >= 4 is 11.6 Å². The van der Waals surface area contributed by atoms with Crippen LogP contribution < -0.4 is 11.6 Å². The molecular weight excluding hydrogens is 180 g/mol. The van der Waals surface area contributed by atoms with Crippen molar-refractivity contribution in [3.05, 3.63) is 29.3 Å². The number of nitrogens with two attached hydrogens (primary N) is 2. The van der Waals surface area contributed by atoms with Gasteiger partial charge in [-0.15, -0.1) is 0 Å². The molecule has 0 saturated heterocycles. The first-order valence-electron chi connectivity index (χ1n) is 3.88. The molecule has 1 amide bonds. The Balaban J connectivity index is 3.21. The number of carbonyl (C=O) groups excluding carboxylic acids is 1. The summed E-state index contributed by atoms with van der Waals surface area (Å²) in [6, 6.07) is 6.39. The van der Waals surface area contributed by atoms with E-state index in [1.165, 1.54) is 19.2 Å². The predicted molar refractivity (Wildman–Crippen MR) is 51.9 cm³/mol. The van der Waals surface area contributed by atoms with E-state index in [1.54, 1.807) is 6.07 Å². The minimum Gasteiger partial charge on any atom is -0.398 e. The number of hydrazine groups is 1. The van der Waals surface area contributed by atoms with Crippen molar-refractivity contribution in [3.8, 4) is 6.07 Å². The summed E-state index contributed by atoms with van der Waals surface area (Å²) in [5.41, 5.74) is 6.51. The van der Waals surface area contributed by atoms with Crippen LogP contribution in [-0.4, -0.2) is 18.0 Å². The maximum atomic E-state index is 11.4. The van der Waals surface area contributed by atoms with E-state index in [0.717, 1.165) is 5.01 Å². The van der Waals surface area contributed by atoms with Crippen molar-refractivity contribution in [3.63, 3.8) is 0 Å². The van der Waals surface area contributed by atoms with Gasteiger partial charge in [-0.05, 0) is 18.2 Å². The molecule has 4 N–H and O–H groups in total. The lowest BCUT2D eigenvalue weighted by molar-refractivity contribution is 0.0796. The van der Waals surface area contributed by atoms with Crippen LogP contribution in [0.25, 0.3) is 0 Å². The van der Waals surface area contributed by atoms with Gasteiger partial charge in [-0.2, -0.15) is 5.26 Å². The molecule has 5 heteroatoms. The summed E-state index contributed by atoms with van der Waals surface area (Å²) in [6.07, 6.45) is 0.